The molecule has 3 heterocycles. The van der Waals surface area contributed by atoms with Crippen LogP contribution in [0, 0.1) is 0 Å². The van der Waals surface area contributed by atoms with Gasteiger partial charge < -0.3 is 5.32 Å². The SMILES string of the molecule is CC(Cc1cccs1)NC1CCN2CCCC12. The maximum absolute atomic E-state index is 3.85. The molecule has 2 aliphatic heterocycles. The van der Waals surface area contributed by atoms with Crippen molar-refractivity contribution < 1.29 is 0 Å². The van der Waals surface area contributed by atoms with Gasteiger partial charge in [0.15, 0.2) is 0 Å². The molecule has 2 saturated heterocycles. The maximum atomic E-state index is 3.85. The van der Waals surface area contributed by atoms with Gasteiger partial charge in [0, 0.05) is 29.5 Å². The number of fused-ring (bicyclic) bond motifs is 1. The van der Waals surface area contributed by atoms with Gasteiger partial charge in [-0.05, 0) is 50.6 Å². The largest absolute Gasteiger partial charge is 0.310 e. The van der Waals surface area contributed by atoms with Crippen LogP contribution in [-0.4, -0.2) is 36.1 Å². The third-order valence-electron chi connectivity index (χ3n) is 4.19. The topological polar surface area (TPSA) is 15.3 Å². The molecule has 3 unspecified atom stereocenters. The monoisotopic (exact) mass is 250 g/mol. The summed E-state index contributed by atoms with van der Waals surface area (Å²) in [5.41, 5.74) is 0. The van der Waals surface area contributed by atoms with Crippen LogP contribution in [-0.2, 0) is 6.42 Å². The lowest BCUT2D eigenvalue weighted by atomic mass is 10.0. The van der Waals surface area contributed by atoms with Crippen LogP contribution in [0.4, 0.5) is 0 Å². The molecule has 0 aliphatic carbocycles. The summed E-state index contributed by atoms with van der Waals surface area (Å²) in [6, 6.07) is 6.59. The zero-order chi connectivity index (χ0) is 11.7. The Bertz CT molecular complexity index is 349. The Balaban J connectivity index is 1.53. The van der Waals surface area contributed by atoms with Gasteiger partial charge in [-0.25, -0.2) is 0 Å². The van der Waals surface area contributed by atoms with Gasteiger partial charge in [0.25, 0.3) is 0 Å². The molecule has 1 N–H and O–H groups in total. The third kappa shape index (κ3) is 2.56. The van der Waals surface area contributed by atoms with Crippen LogP contribution in [0.1, 0.15) is 31.1 Å². The second kappa shape index (κ2) is 5.09. The first-order valence-electron chi connectivity index (χ1n) is 6.85. The standard InChI is InChI=1S/C14H22N2S/c1-11(10-12-4-3-9-17-12)15-13-6-8-16-7-2-5-14(13)16/h3-4,9,11,13-15H,2,5-8,10H2,1H3. The van der Waals surface area contributed by atoms with Crippen LogP contribution >= 0.6 is 11.3 Å². The summed E-state index contributed by atoms with van der Waals surface area (Å²) in [6.07, 6.45) is 5.34. The van der Waals surface area contributed by atoms with Gasteiger partial charge in [-0.1, -0.05) is 6.07 Å². The fourth-order valence-electron chi connectivity index (χ4n) is 3.43. The summed E-state index contributed by atoms with van der Waals surface area (Å²) in [6.45, 7) is 4.98. The Morgan fingerprint density at radius 2 is 2.41 bits per heavy atom. The van der Waals surface area contributed by atoms with Crippen LogP contribution in [0.2, 0.25) is 0 Å². The van der Waals surface area contributed by atoms with Gasteiger partial charge >= 0.3 is 0 Å². The van der Waals surface area contributed by atoms with E-state index >= 15 is 0 Å². The molecule has 2 nitrogen and oxygen atoms in total. The molecule has 0 radical (unpaired) electrons. The minimum Gasteiger partial charge on any atom is -0.310 e. The van der Waals surface area contributed by atoms with E-state index in [1.807, 2.05) is 11.3 Å². The van der Waals surface area contributed by atoms with E-state index in [1.165, 1.54) is 43.6 Å². The lowest BCUT2D eigenvalue weighted by Gasteiger charge is -2.24. The Labute approximate surface area is 108 Å². The second-order valence-electron chi connectivity index (χ2n) is 5.49. The molecule has 1 aromatic heterocycles. The number of hydrogen-bond acceptors (Lipinski definition) is 3. The highest BCUT2D eigenvalue weighted by molar-refractivity contribution is 7.09. The van der Waals surface area contributed by atoms with Gasteiger partial charge in [-0.3, -0.25) is 4.90 Å². The van der Waals surface area contributed by atoms with Crippen LogP contribution < -0.4 is 5.32 Å². The average Bonchev–Trinajstić information content (AvgIpc) is 2.97. The molecule has 3 atom stereocenters. The molecule has 3 rings (SSSR count). The number of hydrogen-bond donors (Lipinski definition) is 1. The highest BCUT2D eigenvalue weighted by Gasteiger charge is 2.37. The molecule has 1 aromatic rings. The highest BCUT2D eigenvalue weighted by Crippen LogP contribution is 2.28. The van der Waals surface area contributed by atoms with Crippen molar-refractivity contribution in [3.05, 3.63) is 22.4 Å². The highest BCUT2D eigenvalue weighted by atomic mass is 32.1. The van der Waals surface area contributed by atoms with Gasteiger partial charge in [-0.2, -0.15) is 0 Å². The Kier molecular flexibility index (Phi) is 3.50. The van der Waals surface area contributed by atoms with Crippen LogP contribution in [0.5, 0.6) is 0 Å². The van der Waals surface area contributed by atoms with Crippen LogP contribution in [0.15, 0.2) is 17.5 Å². The van der Waals surface area contributed by atoms with Crippen molar-refractivity contribution in [2.45, 2.75) is 50.7 Å². The average molecular weight is 250 g/mol. The number of thiophene rings is 1. The van der Waals surface area contributed by atoms with Crippen molar-refractivity contribution in [3.63, 3.8) is 0 Å². The van der Waals surface area contributed by atoms with E-state index in [-0.39, 0.29) is 0 Å². The Morgan fingerprint density at radius 1 is 1.47 bits per heavy atom. The van der Waals surface area contributed by atoms with E-state index < -0.39 is 0 Å². The molecule has 2 aliphatic rings. The first kappa shape index (κ1) is 11.7. The molecule has 0 spiro atoms. The van der Waals surface area contributed by atoms with Gasteiger partial charge in [0.2, 0.25) is 0 Å². The molecule has 0 saturated carbocycles. The molecule has 94 valence electrons. The summed E-state index contributed by atoms with van der Waals surface area (Å²) in [7, 11) is 0. The Morgan fingerprint density at radius 3 is 3.24 bits per heavy atom. The van der Waals surface area contributed by atoms with Gasteiger partial charge in [-0.15, -0.1) is 11.3 Å². The molecule has 3 heteroatoms. The summed E-state index contributed by atoms with van der Waals surface area (Å²) in [4.78, 5) is 4.18. The molecule has 0 amide bonds. The summed E-state index contributed by atoms with van der Waals surface area (Å²) >= 11 is 1.88. The van der Waals surface area contributed by atoms with Crippen molar-refractivity contribution in [3.8, 4) is 0 Å². The van der Waals surface area contributed by atoms with Crippen molar-refractivity contribution in [2.75, 3.05) is 13.1 Å². The molecular formula is C14H22N2S. The third-order valence-corrected chi connectivity index (χ3v) is 5.09. The number of nitrogens with zero attached hydrogens (tertiary/aromatic N) is 1. The lowest BCUT2D eigenvalue weighted by Crippen LogP contribution is -2.44. The summed E-state index contributed by atoms with van der Waals surface area (Å²) in [5, 5.41) is 6.03. The summed E-state index contributed by atoms with van der Waals surface area (Å²) < 4.78 is 0. The fourth-order valence-corrected chi connectivity index (χ4v) is 4.27. The minimum absolute atomic E-state index is 0.610. The molecule has 0 bridgehead atoms. The zero-order valence-electron chi connectivity index (χ0n) is 10.6. The first-order valence-corrected chi connectivity index (χ1v) is 7.73. The van der Waals surface area contributed by atoms with Gasteiger partial charge in [0.05, 0.1) is 0 Å². The second-order valence-corrected chi connectivity index (χ2v) is 6.52. The van der Waals surface area contributed by atoms with Crippen LogP contribution in [0.3, 0.4) is 0 Å². The van der Waals surface area contributed by atoms with Crippen molar-refractivity contribution in [1.29, 1.82) is 0 Å². The maximum Gasteiger partial charge on any atom is 0.0250 e. The van der Waals surface area contributed by atoms with E-state index in [1.54, 1.807) is 0 Å². The van der Waals surface area contributed by atoms with E-state index in [9.17, 15) is 0 Å². The van der Waals surface area contributed by atoms with Gasteiger partial charge in [0.1, 0.15) is 0 Å². The number of nitrogens with one attached hydrogen (secondary N) is 1. The lowest BCUT2D eigenvalue weighted by molar-refractivity contribution is 0.290. The molecule has 0 aromatic carbocycles. The normalized spacial score (nSPS) is 30.6. The first-order chi connectivity index (χ1) is 8.33. The van der Waals surface area contributed by atoms with E-state index in [2.05, 4.69) is 34.7 Å². The molecule has 2 fully saturated rings. The van der Waals surface area contributed by atoms with E-state index in [0.717, 1.165) is 12.1 Å². The fraction of sp³-hybridized carbons (Fsp3) is 0.714. The smallest absolute Gasteiger partial charge is 0.0250 e. The quantitative estimate of drug-likeness (QED) is 0.883. The van der Waals surface area contributed by atoms with Crippen LogP contribution in [0.25, 0.3) is 0 Å². The Hall–Kier alpha value is -0.380. The van der Waals surface area contributed by atoms with Crippen molar-refractivity contribution in [2.24, 2.45) is 0 Å². The van der Waals surface area contributed by atoms with Crippen molar-refractivity contribution >= 4 is 11.3 Å². The van der Waals surface area contributed by atoms with Crippen molar-refractivity contribution in [1.82, 2.24) is 10.2 Å². The predicted molar refractivity (Wildman–Crippen MR) is 73.6 cm³/mol. The molecule has 17 heavy (non-hydrogen) atoms. The minimum atomic E-state index is 0.610. The summed E-state index contributed by atoms with van der Waals surface area (Å²) in [5.74, 6) is 0. The van der Waals surface area contributed by atoms with E-state index in [4.69, 9.17) is 0 Å². The number of rotatable bonds is 4. The molecular weight excluding hydrogens is 228 g/mol. The zero-order valence-corrected chi connectivity index (χ0v) is 11.4. The predicted octanol–water partition coefficient (Wildman–Crippen LogP) is 2.51. The van der Waals surface area contributed by atoms with E-state index in [0.29, 0.717) is 6.04 Å².